The number of methoxy groups -OCH3 is 1. The van der Waals surface area contributed by atoms with Crippen LogP contribution in [0.1, 0.15) is 5.56 Å². The lowest BCUT2D eigenvalue weighted by molar-refractivity contribution is 0.415. The van der Waals surface area contributed by atoms with Gasteiger partial charge in [0.2, 0.25) is 0 Å². The fraction of sp³-hybridized carbons (Fsp3) is 0.133. The third-order valence-corrected chi connectivity index (χ3v) is 3.90. The second-order valence-electron chi connectivity index (χ2n) is 4.56. The number of benzene rings is 2. The number of hydrogen-bond acceptors (Lipinski definition) is 2. The van der Waals surface area contributed by atoms with E-state index in [-0.39, 0.29) is 0 Å². The molecule has 0 saturated carbocycles. The molecule has 2 aromatic carbocycles. The van der Waals surface area contributed by atoms with Crippen LogP contribution in [0.25, 0.3) is 16.7 Å². The molecule has 0 aliphatic carbocycles. The number of halogens is 1. The summed E-state index contributed by atoms with van der Waals surface area (Å²) < 4.78 is 7.93. The Hall–Kier alpha value is -1.78. The molecule has 5 heteroatoms. The highest BCUT2D eigenvalue weighted by atomic mass is 35.5. The minimum absolute atomic E-state index is 0.583. The predicted octanol–water partition coefficient (Wildman–Crippen LogP) is 4.66. The molecule has 0 fully saturated rings. The number of para-hydroxylation sites is 1. The standard InChI is InChI=1S/C15H13ClN2OS/c1-9-4-3-5-12-14(9)18(15(20)17-12)10-6-7-11(16)13(8-10)19-2/h3-8H,1-2H3,(H,17,20). The van der Waals surface area contributed by atoms with E-state index in [9.17, 15) is 0 Å². The number of aryl methyl sites for hydroxylation is 1. The van der Waals surface area contributed by atoms with Gasteiger partial charge in [-0.15, -0.1) is 0 Å². The molecule has 102 valence electrons. The second-order valence-corrected chi connectivity index (χ2v) is 5.35. The van der Waals surface area contributed by atoms with Crippen molar-refractivity contribution in [1.29, 1.82) is 0 Å². The molecule has 0 spiro atoms. The van der Waals surface area contributed by atoms with Gasteiger partial charge in [0, 0.05) is 6.07 Å². The highest BCUT2D eigenvalue weighted by Gasteiger charge is 2.10. The lowest BCUT2D eigenvalue weighted by Crippen LogP contribution is -1.96. The molecule has 0 atom stereocenters. The summed E-state index contributed by atoms with van der Waals surface area (Å²) in [7, 11) is 1.60. The molecule has 3 rings (SSSR count). The van der Waals surface area contributed by atoms with Crippen molar-refractivity contribution in [2.75, 3.05) is 7.11 Å². The first-order chi connectivity index (χ1) is 9.61. The Morgan fingerprint density at radius 1 is 1.25 bits per heavy atom. The van der Waals surface area contributed by atoms with E-state index >= 15 is 0 Å². The number of hydrogen-bond donors (Lipinski definition) is 1. The summed E-state index contributed by atoms with van der Waals surface area (Å²) in [4.78, 5) is 3.22. The molecular formula is C15H13ClN2OS. The van der Waals surface area contributed by atoms with Gasteiger partial charge in [-0.3, -0.25) is 4.57 Å². The van der Waals surface area contributed by atoms with E-state index in [0.717, 1.165) is 22.3 Å². The molecule has 1 heterocycles. The Labute approximate surface area is 126 Å². The summed E-state index contributed by atoms with van der Waals surface area (Å²) in [5.74, 6) is 0.633. The van der Waals surface area contributed by atoms with E-state index in [1.807, 2.05) is 34.9 Å². The van der Waals surface area contributed by atoms with Crippen LogP contribution < -0.4 is 4.74 Å². The first-order valence-corrected chi connectivity index (χ1v) is 6.94. The SMILES string of the molecule is COc1cc(-n2c(=S)[nH]c3cccc(C)c32)ccc1Cl. The van der Waals surface area contributed by atoms with E-state index in [4.69, 9.17) is 28.6 Å². The summed E-state index contributed by atoms with van der Waals surface area (Å²) in [5.41, 5.74) is 4.17. The van der Waals surface area contributed by atoms with Gasteiger partial charge in [0.05, 0.1) is 28.9 Å². The van der Waals surface area contributed by atoms with Gasteiger partial charge in [0.25, 0.3) is 0 Å². The quantitative estimate of drug-likeness (QED) is 0.698. The van der Waals surface area contributed by atoms with Gasteiger partial charge in [0.15, 0.2) is 4.77 Å². The van der Waals surface area contributed by atoms with Crippen molar-refractivity contribution in [1.82, 2.24) is 9.55 Å². The minimum atomic E-state index is 0.583. The van der Waals surface area contributed by atoms with Crippen molar-refractivity contribution in [3.05, 3.63) is 51.8 Å². The van der Waals surface area contributed by atoms with Crippen molar-refractivity contribution < 1.29 is 4.74 Å². The molecule has 20 heavy (non-hydrogen) atoms. The fourth-order valence-electron chi connectivity index (χ4n) is 2.36. The molecular weight excluding hydrogens is 292 g/mol. The molecule has 3 nitrogen and oxygen atoms in total. The lowest BCUT2D eigenvalue weighted by Gasteiger charge is -2.09. The maximum atomic E-state index is 6.08. The summed E-state index contributed by atoms with van der Waals surface area (Å²) in [6.07, 6.45) is 0. The van der Waals surface area contributed by atoms with E-state index in [2.05, 4.69) is 18.0 Å². The summed E-state index contributed by atoms with van der Waals surface area (Å²) in [6.45, 7) is 2.06. The van der Waals surface area contributed by atoms with Crippen LogP contribution in [0.4, 0.5) is 0 Å². The van der Waals surface area contributed by atoms with Gasteiger partial charge in [-0.2, -0.15) is 0 Å². The molecule has 0 radical (unpaired) electrons. The summed E-state index contributed by atoms with van der Waals surface area (Å²) in [6, 6.07) is 11.7. The summed E-state index contributed by atoms with van der Waals surface area (Å²) in [5, 5.41) is 0.583. The Morgan fingerprint density at radius 2 is 2.05 bits per heavy atom. The highest BCUT2D eigenvalue weighted by molar-refractivity contribution is 7.71. The zero-order valence-electron chi connectivity index (χ0n) is 11.1. The lowest BCUT2D eigenvalue weighted by atomic mass is 10.2. The fourth-order valence-corrected chi connectivity index (χ4v) is 2.86. The molecule has 0 unspecified atom stereocenters. The molecule has 0 aliphatic rings. The Bertz CT molecular complexity index is 851. The average Bonchev–Trinajstić information content (AvgIpc) is 2.77. The zero-order valence-corrected chi connectivity index (χ0v) is 12.7. The third-order valence-electron chi connectivity index (χ3n) is 3.30. The van der Waals surface area contributed by atoms with Crippen LogP contribution in [0, 0.1) is 11.7 Å². The average molecular weight is 305 g/mol. The van der Waals surface area contributed by atoms with Crippen LogP contribution >= 0.6 is 23.8 Å². The summed E-state index contributed by atoms with van der Waals surface area (Å²) >= 11 is 11.5. The van der Waals surface area contributed by atoms with Crippen molar-refractivity contribution in [3.63, 3.8) is 0 Å². The van der Waals surface area contributed by atoms with Crippen LogP contribution in [0.5, 0.6) is 5.75 Å². The van der Waals surface area contributed by atoms with Gasteiger partial charge in [-0.25, -0.2) is 0 Å². The number of H-pyrrole nitrogens is 1. The number of fused-ring (bicyclic) bond motifs is 1. The number of imidazole rings is 1. The Morgan fingerprint density at radius 3 is 2.80 bits per heavy atom. The first-order valence-electron chi connectivity index (χ1n) is 6.16. The number of nitrogens with one attached hydrogen (secondary N) is 1. The molecule has 0 bridgehead atoms. The van der Waals surface area contributed by atoms with Crippen LogP contribution in [0.3, 0.4) is 0 Å². The maximum absolute atomic E-state index is 6.08. The molecule has 0 aliphatic heterocycles. The van der Waals surface area contributed by atoms with E-state index in [1.54, 1.807) is 7.11 Å². The molecule has 3 aromatic rings. The number of rotatable bonds is 2. The van der Waals surface area contributed by atoms with Crippen LogP contribution in [0.15, 0.2) is 36.4 Å². The topological polar surface area (TPSA) is 29.9 Å². The molecule has 1 N–H and O–H groups in total. The third kappa shape index (κ3) is 2.01. The Balaban J connectivity index is 2.35. The number of aromatic nitrogens is 2. The number of nitrogens with zero attached hydrogens (tertiary/aromatic N) is 1. The van der Waals surface area contributed by atoms with Crippen LogP contribution in [-0.2, 0) is 0 Å². The Kier molecular flexibility index (Phi) is 3.28. The van der Waals surface area contributed by atoms with E-state index in [1.165, 1.54) is 0 Å². The predicted molar refractivity (Wildman–Crippen MR) is 84.8 cm³/mol. The molecule has 1 aromatic heterocycles. The smallest absolute Gasteiger partial charge is 0.182 e. The van der Waals surface area contributed by atoms with Crippen LogP contribution in [-0.4, -0.2) is 16.7 Å². The van der Waals surface area contributed by atoms with Gasteiger partial charge >= 0.3 is 0 Å². The van der Waals surface area contributed by atoms with Gasteiger partial charge in [-0.05, 0) is 42.9 Å². The van der Waals surface area contributed by atoms with E-state index in [0.29, 0.717) is 15.5 Å². The van der Waals surface area contributed by atoms with Crippen molar-refractivity contribution in [2.45, 2.75) is 6.92 Å². The van der Waals surface area contributed by atoms with E-state index < -0.39 is 0 Å². The first kappa shape index (κ1) is 13.2. The largest absolute Gasteiger partial charge is 0.495 e. The monoisotopic (exact) mass is 304 g/mol. The zero-order chi connectivity index (χ0) is 14.3. The normalized spacial score (nSPS) is 10.9. The van der Waals surface area contributed by atoms with Crippen molar-refractivity contribution in [2.24, 2.45) is 0 Å². The van der Waals surface area contributed by atoms with Crippen molar-refractivity contribution in [3.8, 4) is 11.4 Å². The number of aromatic amines is 1. The van der Waals surface area contributed by atoms with Gasteiger partial charge in [-0.1, -0.05) is 23.7 Å². The van der Waals surface area contributed by atoms with Gasteiger partial charge in [0.1, 0.15) is 5.75 Å². The molecule has 0 saturated heterocycles. The molecule has 0 amide bonds. The van der Waals surface area contributed by atoms with Crippen LogP contribution in [0.2, 0.25) is 5.02 Å². The second kappa shape index (κ2) is 4.96. The van der Waals surface area contributed by atoms with Gasteiger partial charge < -0.3 is 9.72 Å². The maximum Gasteiger partial charge on any atom is 0.182 e. The highest BCUT2D eigenvalue weighted by Crippen LogP contribution is 2.29. The number of ether oxygens (including phenoxy) is 1. The minimum Gasteiger partial charge on any atom is -0.495 e. The van der Waals surface area contributed by atoms with Crippen molar-refractivity contribution >= 4 is 34.9 Å².